The van der Waals surface area contributed by atoms with E-state index in [2.05, 4.69) is 17.2 Å². The number of nitrogens with zero attached hydrogens (tertiary/aromatic N) is 1. The molecule has 1 heterocycles. The second kappa shape index (κ2) is 6.24. The SMILES string of the molecule is COc1cccc(NCC(C)CCO)n1. The van der Waals surface area contributed by atoms with E-state index >= 15 is 0 Å². The Balaban J connectivity index is 2.43. The van der Waals surface area contributed by atoms with Crippen molar-refractivity contribution in [2.24, 2.45) is 5.92 Å². The van der Waals surface area contributed by atoms with E-state index < -0.39 is 0 Å². The monoisotopic (exact) mass is 210 g/mol. The molecule has 84 valence electrons. The van der Waals surface area contributed by atoms with Crippen molar-refractivity contribution in [2.75, 3.05) is 25.6 Å². The highest BCUT2D eigenvalue weighted by atomic mass is 16.5. The van der Waals surface area contributed by atoms with Crippen LogP contribution in [0.4, 0.5) is 5.82 Å². The van der Waals surface area contributed by atoms with Gasteiger partial charge in [-0.1, -0.05) is 13.0 Å². The second-order valence-electron chi connectivity index (χ2n) is 3.56. The van der Waals surface area contributed by atoms with Crippen LogP contribution in [0.5, 0.6) is 5.88 Å². The third kappa shape index (κ3) is 4.16. The summed E-state index contributed by atoms with van der Waals surface area (Å²) in [6.45, 7) is 3.12. The van der Waals surface area contributed by atoms with Crippen LogP contribution in [0.25, 0.3) is 0 Å². The second-order valence-corrected chi connectivity index (χ2v) is 3.56. The Morgan fingerprint density at radius 2 is 2.33 bits per heavy atom. The zero-order valence-corrected chi connectivity index (χ0v) is 9.23. The molecular weight excluding hydrogens is 192 g/mol. The van der Waals surface area contributed by atoms with Gasteiger partial charge in [-0.05, 0) is 18.4 Å². The van der Waals surface area contributed by atoms with E-state index in [-0.39, 0.29) is 6.61 Å². The predicted octanol–water partition coefficient (Wildman–Crippen LogP) is 1.52. The summed E-state index contributed by atoms with van der Waals surface area (Å²) >= 11 is 0. The first-order chi connectivity index (χ1) is 7.26. The van der Waals surface area contributed by atoms with Gasteiger partial charge in [0.05, 0.1) is 7.11 Å². The number of hydrogen-bond donors (Lipinski definition) is 2. The molecule has 0 saturated heterocycles. The molecule has 1 aromatic rings. The third-order valence-corrected chi connectivity index (χ3v) is 2.19. The highest BCUT2D eigenvalue weighted by Gasteiger charge is 2.02. The van der Waals surface area contributed by atoms with Crippen LogP contribution in [0, 0.1) is 5.92 Å². The highest BCUT2D eigenvalue weighted by molar-refractivity contribution is 5.36. The lowest BCUT2D eigenvalue weighted by Gasteiger charge is -2.11. The molecule has 0 bridgehead atoms. The van der Waals surface area contributed by atoms with Crippen LogP contribution in [0.3, 0.4) is 0 Å². The maximum atomic E-state index is 8.75. The summed E-state index contributed by atoms with van der Waals surface area (Å²) < 4.78 is 5.02. The standard InChI is InChI=1S/C11H18N2O2/c1-9(6-7-14)8-12-10-4-3-5-11(13-10)15-2/h3-5,9,14H,6-8H2,1-2H3,(H,12,13). The lowest BCUT2D eigenvalue weighted by Crippen LogP contribution is -2.13. The van der Waals surface area contributed by atoms with E-state index in [1.54, 1.807) is 7.11 Å². The van der Waals surface area contributed by atoms with Gasteiger partial charge in [-0.2, -0.15) is 4.98 Å². The van der Waals surface area contributed by atoms with E-state index in [9.17, 15) is 0 Å². The number of pyridine rings is 1. The van der Waals surface area contributed by atoms with Gasteiger partial charge in [0, 0.05) is 19.2 Å². The highest BCUT2D eigenvalue weighted by Crippen LogP contribution is 2.11. The molecule has 4 heteroatoms. The van der Waals surface area contributed by atoms with E-state index in [4.69, 9.17) is 9.84 Å². The summed E-state index contributed by atoms with van der Waals surface area (Å²) in [4.78, 5) is 4.23. The number of hydrogen-bond acceptors (Lipinski definition) is 4. The maximum absolute atomic E-state index is 8.75. The normalized spacial score (nSPS) is 12.2. The maximum Gasteiger partial charge on any atom is 0.214 e. The Morgan fingerprint density at radius 1 is 1.53 bits per heavy atom. The summed E-state index contributed by atoms with van der Waals surface area (Å²) in [5.74, 6) is 1.84. The predicted molar refractivity (Wildman–Crippen MR) is 60.1 cm³/mol. The molecule has 0 aliphatic carbocycles. The Kier molecular flexibility index (Phi) is 4.90. The molecule has 0 aliphatic rings. The average molecular weight is 210 g/mol. The van der Waals surface area contributed by atoms with Crippen molar-refractivity contribution < 1.29 is 9.84 Å². The summed E-state index contributed by atoms with van der Waals surface area (Å²) in [6.07, 6.45) is 0.803. The van der Waals surface area contributed by atoms with Crippen molar-refractivity contribution >= 4 is 5.82 Å². The molecule has 1 aromatic heterocycles. The van der Waals surface area contributed by atoms with Crippen LogP contribution in [-0.4, -0.2) is 30.4 Å². The molecule has 1 atom stereocenters. The molecule has 0 amide bonds. The van der Waals surface area contributed by atoms with Crippen LogP contribution in [0.2, 0.25) is 0 Å². The Labute approximate surface area is 90.3 Å². The lowest BCUT2D eigenvalue weighted by atomic mass is 10.1. The molecule has 4 nitrogen and oxygen atoms in total. The van der Waals surface area contributed by atoms with Crippen molar-refractivity contribution in [1.82, 2.24) is 4.98 Å². The molecule has 0 aliphatic heterocycles. The van der Waals surface area contributed by atoms with Crippen molar-refractivity contribution in [3.8, 4) is 5.88 Å². The number of rotatable bonds is 6. The Morgan fingerprint density at radius 3 is 3.00 bits per heavy atom. The van der Waals surface area contributed by atoms with Gasteiger partial charge in [0.2, 0.25) is 5.88 Å². The number of methoxy groups -OCH3 is 1. The minimum absolute atomic E-state index is 0.231. The number of aliphatic hydroxyl groups excluding tert-OH is 1. The molecule has 0 saturated carbocycles. The first-order valence-corrected chi connectivity index (χ1v) is 5.12. The average Bonchev–Trinajstić information content (AvgIpc) is 2.27. The van der Waals surface area contributed by atoms with Gasteiger partial charge < -0.3 is 15.2 Å². The van der Waals surface area contributed by atoms with Gasteiger partial charge in [-0.25, -0.2) is 0 Å². The first kappa shape index (κ1) is 11.8. The Hall–Kier alpha value is -1.29. The van der Waals surface area contributed by atoms with Crippen LogP contribution in [-0.2, 0) is 0 Å². The minimum atomic E-state index is 0.231. The van der Waals surface area contributed by atoms with Gasteiger partial charge in [0.15, 0.2) is 0 Å². The third-order valence-electron chi connectivity index (χ3n) is 2.19. The molecule has 0 radical (unpaired) electrons. The first-order valence-electron chi connectivity index (χ1n) is 5.12. The smallest absolute Gasteiger partial charge is 0.214 e. The van der Waals surface area contributed by atoms with Gasteiger partial charge in [-0.3, -0.25) is 0 Å². The zero-order chi connectivity index (χ0) is 11.1. The van der Waals surface area contributed by atoms with Crippen LogP contribution >= 0.6 is 0 Å². The fourth-order valence-electron chi connectivity index (χ4n) is 1.23. The summed E-state index contributed by atoms with van der Waals surface area (Å²) in [5.41, 5.74) is 0. The fourth-order valence-corrected chi connectivity index (χ4v) is 1.23. The number of aliphatic hydroxyl groups is 1. The van der Waals surface area contributed by atoms with Gasteiger partial charge in [0.1, 0.15) is 5.82 Å². The number of aromatic nitrogens is 1. The molecule has 2 N–H and O–H groups in total. The van der Waals surface area contributed by atoms with Gasteiger partial charge >= 0.3 is 0 Å². The van der Waals surface area contributed by atoms with E-state index in [1.807, 2.05) is 18.2 Å². The van der Waals surface area contributed by atoms with E-state index in [1.165, 1.54) is 0 Å². The molecule has 0 aromatic carbocycles. The van der Waals surface area contributed by atoms with Gasteiger partial charge in [0.25, 0.3) is 0 Å². The fraction of sp³-hybridized carbons (Fsp3) is 0.545. The molecule has 1 rings (SSSR count). The summed E-state index contributed by atoms with van der Waals surface area (Å²) in [7, 11) is 1.60. The molecule has 0 spiro atoms. The molecule has 15 heavy (non-hydrogen) atoms. The van der Waals surface area contributed by atoms with Crippen molar-refractivity contribution in [2.45, 2.75) is 13.3 Å². The molecular formula is C11H18N2O2. The topological polar surface area (TPSA) is 54.4 Å². The number of anilines is 1. The van der Waals surface area contributed by atoms with Crippen LogP contribution in [0.15, 0.2) is 18.2 Å². The zero-order valence-electron chi connectivity index (χ0n) is 9.23. The molecule has 1 unspecified atom stereocenters. The van der Waals surface area contributed by atoms with Gasteiger partial charge in [-0.15, -0.1) is 0 Å². The summed E-state index contributed by atoms with van der Waals surface area (Å²) in [6, 6.07) is 5.60. The number of ether oxygens (including phenoxy) is 1. The quantitative estimate of drug-likeness (QED) is 0.747. The molecule has 0 fully saturated rings. The van der Waals surface area contributed by atoms with Crippen molar-refractivity contribution in [3.63, 3.8) is 0 Å². The summed E-state index contributed by atoms with van der Waals surface area (Å²) in [5, 5.41) is 12.0. The van der Waals surface area contributed by atoms with Crippen LogP contribution < -0.4 is 10.1 Å². The van der Waals surface area contributed by atoms with Crippen molar-refractivity contribution in [1.29, 1.82) is 0 Å². The van der Waals surface area contributed by atoms with Crippen molar-refractivity contribution in [3.05, 3.63) is 18.2 Å². The number of nitrogens with one attached hydrogen (secondary N) is 1. The lowest BCUT2D eigenvalue weighted by molar-refractivity contribution is 0.266. The Bertz CT molecular complexity index is 292. The largest absolute Gasteiger partial charge is 0.481 e. The van der Waals surface area contributed by atoms with Crippen LogP contribution in [0.1, 0.15) is 13.3 Å². The minimum Gasteiger partial charge on any atom is -0.481 e. The van der Waals surface area contributed by atoms with E-state index in [0.29, 0.717) is 11.8 Å². The van der Waals surface area contributed by atoms with E-state index in [0.717, 1.165) is 18.8 Å².